The molecule has 0 spiro atoms. The standard InChI is InChI=1S/C14H19N3O2/c1-16-9-11(8-15-16)7-13-14(18)4-5-17(13)10-12-3-2-6-19-12/h2-3,6,8-9,13-14,18H,4-5,7,10H2,1H3/t13-,14+/m1/s1. The van der Waals surface area contributed by atoms with Crippen LogP contribution >= 0.6 is 0 Å². The van der Waals surface area contributed by atoms with Crippen molar-refractivity contribution in [3.63, 3.8) is 0 Å². The van der Waals surface area contributed by atoms with Crippen LogP contribution in [0.2, 0.25) is 0 Å². The Bertz CT molecular complexity index is 521. The molecule has 2 atom stereocenters. The minimum Gasteiger partial charge on any atom is -0.468 e. The van der Waals surface area contributed by atoms with Gasteiger partial charge in [-0.25, -0.2) is 0 Å². The maximum absolute atomic E-state index is 10.2. The van der Waals surface area contributed by atoms with Gasteiger partial charge in [0.25, 0.3) is 0 Å². The monoisotopic (exact) mass is 261 g/mol. The lowest BCUT2D eigenvalue weighted by atomic mass is 10.0. The first-order chi connectivity index (χ1) is 9.22. The number of rotatable bonds is 4. The van der Waals surface area contributed by atoms with E-state index in [4.69, 9.17) is 4.42 Å². The summed E-state index contributed by atoms with van der Waals surface area (Å²) in [6, 6.07) is 4.03. The Morgan fingerprint density at radius 1 is 1.53 bits per heavy atom. The van der Waals surface area contributed by atoms with E-state index in [0.717, 1.165) is 37.3 Å². The number of hydrogen-bond donors (Lipinski definition) is 1. The number of nitrogens with zero attached hydrogens (tertiary/aromatic N) is 3. The number of aromatic nitrogens is 2. The molecule has 0 aromatic carbocycles. The molecule has 0 amide bonds. The van der Waals surface area contributed by atoms with Crippen LogP contribution in [0.5, 0.6) is 0 Å². The van der Waals surface area contributed by atoms with Crippen LogP contribution in [0, 0.1) is 0 Å². The maximum atomic E-state index is 10.2. The Morgan fingerprint density at radius 2 is 2.42 bits per heavy atom. The van der Waals surface area contributed by atoms with Crippen molar-refractivity contribution in [3.05, 3.63) is 42.1 Å². The smallest absolute Gasteiger partial charge is 0.117 e. The number of aliphatic hydroxyl groups excluding tert-OH is 1. The Kier molecular flexibility index (Phi) is 3.40. The van der Waals surface area contributed by atoms with Gasteiger partial charge in [0.1, 0.15) is 5.76 Å². The Labute approximate surface area is 112 Å². The van der Waals surface area contributed by atoms with Gasteiger partial charge in [0.15, 0.2) is 0 Å². The van der Waals surface area contributed by atoms with Crippen molar-refractivity contribution in [1.82, 2.24) is 14.7 Å². The van der Waals surface area contributed by atoms with Gasteiger partial charge in [-0.15, -0.1) is 0 Å². The molecule has 0 unspecified atom stereocenters. The molecule has 0 saturated carbocycles. The van der Waals surface area contributed by atoms with Crippen molar-refractivity contribution in [2.75, 3.05) is 6.54 Å². The van der Waals surface area contributed by atoms with Crippen LogP contribution in [-0.4, -0.2) is 38.5 Å². The van der Waals surface area contributed by atoms with Crippen molar-refractivity contribution in [1.29, 1.82) is 0 Å². The lowest BCUT2D eigenvalue weighted by Crippen LogP contribution is -2.36. The molecule has 102 valence electrons. The second kappa shape index (κ2) is 5.19. The van der Waals surface area contributed by atoms with E-state index in [1.54, 1.807) is 10.9 Å². The molecular weight excluding hydrogens is 242 g/mol. The van der Waals surface area contributed by atoms with Gasteiger partial charge < -0.3 is 9.52 Å². The number of furan rings is 1. The lowest BCUT2D eigenvalue weighted by Gasteiger charge is -2.24. The van der Waals surface area contributed by atoms with E-state index in [1.807, 2.05) is 31.6 Å². The third-order valence-corrected chi connectivity index (χ3v) is 3.77. The van der Waals surface area contributed by atoms with E-state index >= 15 is 0 Å². The summed E-state index contributed by atoms with van der Waals surface area (Å²) < 4.78 is 7.19. The van der Waals surface area contributed by atoms with Crippen LogP contribution in [0.15, 0.2) is 35.2 Å². The third-order valence-electron chi connectivity index (χ3n) is 3.77. The van der Waals surface area contributed by atoms with Gasteiger partial charge in [-0.05, 0) is 30.5 Å². The summed E-state index contributed by atoms with van der Waals surface area (Å²) in [6.07, 6.45) is 6.96. The molecule has 3 rings (SSSR count). The quantitative estimate of drug-likeness (QED) is 0.898. The van der Waals surface area contributed by atoms with Gasteiger partial charge in [-0.1, -0.05) is 0 Å². The van der Waals surface area contributed by atoms with Gasteiger partial charge in [0, 0.05) is 25.8 Å². The zero-order valence-electron chi connectivity index (χ0n) is 11.1. The van der Waals surface area contributed by atoms with Crippen LogP contribution in [0.4, 0.5) is 0 Å². The predicted molar refractivity (Wildman–Crippen MR) is 70.4 cm³/mol. The van der Waals surface area contributed by atoms with Gasteiger partial charge >= 0.3 is 0 Å². The molecule has 1 aliphatic rings. The average Bonchev–Trinajstić information content (AvgIpc) is 3.08. The largest absolute Gasteiger partial charge is 0.468 e. The molecule has 2 aromatic rings. The topological polar surface area (TPSA) is 54.4 Å². The van der Waals surface area contributed by atoms with E-state index in [0.29, 0.717) is 0 Å². The summed E-state index contributed by atoms with van der Waals surface area (Å²) in [5, 5.41) is 14.3. The van der Waals surface area contributed by atoms with Crippen LogP contribution in [0.1, 0.15) is 17.7 Å². The predicted octanol–water partition coefficient (Wildman–Crippen LogP) is 1.19. The summed E-state index contributed by atoms with van der Waals surface area (Å²) in [5.41, 5.74) is 1.16. The van der Waals surface area contributed by atoms with Crippen LogP contribution < -0.4 is 0 Å². The van der Waals surface area contributed by atoms with Gasteiger partial charge in [-0.2, -0.15) is 5.10 Å². The fourth-order valence-corrected chi connectivity index (χ4v) is 2.78. The lowest BCUT2D eigenvalue weighted by molar-refractivity contribution is 0.109. The molecule has 0 aliphatic carbocycles. The van der Waals surface area contributed by atoms with Crippen molar-refractivity contribution < 1.29 is 9.52 Å². The number of hydrogen-bond acceptors (Lipinski definition) is 4. The minimum atomic E-state index is -0.268. The minimum absolute atomic E-state index is 0.147. The van der Waals surface area contributed by atoms with Crippen molar-refractivity contribution >= 4 is 0 Å². The molecule has 3 heterocycles. The number of aliphatic hydroxyl groups is 1. The average molecular weight is 261 g/mol. The van der Waals surface area contributed by atoms with Crippen molar-refractivity contribution in [2.45, 2.75) is 31.5 Å². The summed E-state index contributed by atoms with van der Waals surface area (Å²) in [4.78, 5) is 2.29. The van der Waals surface area contributed by atoms with Crippen molar-refractivity contribution in [3.8, 4) is 0 Å². The number of aryl methyl sites for hydroxylation is 1. The molecule has 0 radical (unpaired) electrons. The van der Waals surface area contributed by atoms with E-state index in [-0.39, 0.29) is 12.1 Å². The second-order valence-electron chi connectivity index (χ2n) is 5.20. The fourth-order valence-electron chi connectivity index (χ4n) is 2.78. The van der Waals surface area contributed by atoms with E-state index in [2.05, 4.69) is 10.00 Å². The molecule has 1 saturated heterocycles. The molecule has 1 fully saturated rings. The maximum Gasteiger partial charge on any atom is 0.117 e. The highest BCUT2D eigenvalue weighted by Crippen LogP contribution is 2.23. The molecule has 5 heteroatoms. The van der Waals surface area contributed by atoms with E-state index in [9.17, 15) is 5.11 Å². The zero-order chi connectivity index (χ0) is 13.2. The summed E-state index contributed by atoms with van der Waals surface area (Å²) in [5.74, 6) is 0.949. The van der Waals surface area contributed by atoms with E-state index in [1.165, 1.54) is 0 Å². The Hall–Kier alpha value is -1.59. The SMILES string of the molecule is Cn1cc(C[C@@H]2[C@@H](O)CCN2Cc2ccco2)cn1. The first-order valence-electron chi connectivity index (χ1n) is 6.64. The Balaban J connectivity index is 1.69. The summed E-state index contributed by atoms with van der Waals surface area (Å²) >= 11 is 0. The second-order valence-corrected chi connectivity index (χ2v) is 5.20. The zero-order valence-corrected chi connectivity index (χ0v) is 11.1. The molecule has 1 aliphatic heterocycles. The fraction of sp³-hybridized carbons (Fsp3) is 0.500. The van der Waals surface area contributed by atoms with Gasteiger partial charge in [-0.3, -0.25) is 9.58 Å². The van der Waals surface area contributed by atoms with Gasteiger partial charge in [0.05, 0.1) is 25.1 Å². The highest BCUT2D eigenvalue weighted by atomic mass is 16.3. The molecule has 19 heavy (non-hydrogen) atoms. The third kappa shape index (κ3) is 2.72. The van der Waals surface area contributed by atoms with Crippen LogP contribution in [-0.2, 0) is 20.0 Å². The molecule has 5 nitrogen and oxygen atoms in total. The highest BCUT2D eigenvalue weighted by molar-refractivity contribution is 5.09. The van der Waals surface area contributed by atoms with Crippen LogP contribution in [0.25, 0.3) is 0 Å². The van der Waals surface area contributed by atoms with Crippen molar-refractivity contribution in [2.24, 2.45) is 7.05 Å². The first kappa shape index (κ1) is 12.4. The normalized spacial score (nSPS) is 24.1. The number of likely N-dealkylation sites (tertiary alicyclic amines) is 1. The van der Waals surface area contributed by atoms with E-state index < -0.39 is 0 Å². The first-order valence-corrected chi connectivity index (χ1v) is 6.64. The molecule has 2 aromatic heterocycles. The summed E-state index contributed by atoms with van der Waals surface area (Å²) in [6.45, 7) is 1.67. The summed E-state index contributed by atoms with van der Waals surface area (Å²) in [7, 11) is 1.91. The molecular formula is C14H19N3O2. The molecule has 1 N–H and O–H groups in total. The highest BCUT2D eigenvalue weighted by Gasteiger charge is 2.33. The molecule has 0 bridgehead atoms. The Morgan fingerprint density at radius 3 is 3.11 bits per heavy atom. The van der Waals surface area contributed by atoms with Gasteiger partial charge in [0.2, 0.25) is 0 Å². The van der Waals surface area contributed by atoms with Crippen LogP contribution in [0.3, 0.4) is 0 Å².